The molecule has 9 heteroatoms. The van der Waals surface area contributed by atoms with Crippen LogP contribution in [0.25, 0.3) is 0 Å². The second kappa shape index (κ2) is 8.15. The van der Waals surface area contributed by atoms with Crippen molar-refractivity contribution < 1.29 is 4.21 Å². The van der Waals surface area contributed by atoms with Gasteiger partial charge in [0.05, 0.1) is 15.7 Å². The molecule has 168 valence electrons. The van der Waals surface area contributed by atoms with Crippen molar-refractivity contribution in [2.45, 2.75) is 50.2 Å². The number of hydrogen-bond acceptors (Lipinski definition) is 5. The van der Waals surface area contributed by atoms with Gasteiger partial charge in [-0.05, 0) is 84.6 Å². The first-order valence-corrected chi connectivity index (χ1v) is 12.9. The number of rotatable bonds is 4. The Balaban J connectivity index is 1.63. The Morgan fingerprint density at radius 3 is 2.58 bits per heavy atom. The molecule has 1 unspecified atom stereocenters. The third-order valence-corrected chi connectivity index (χ3v) is 9.50. The van der Waals surface area contributed by atoms with E-state index >= 15 is 0 Å². The van der Waals surface area contributed by atoms with E-state index in [1.54, 1.807) is 11.6 Å². The van der Waals surface area contributed by atoms with Crippen LogP contribution >= 0.6 is 22.6 Å². The van der Waals surface area contributed by atoms with E-state index in [-0.39, 0.29) is 16.8 Å². The number of benzene rings is 1. The summed E-state index contributed by atoms with van der Waals surface area (Å²) < 4.78 is 13.8. The summed E-state index contributed by atoms with van der Waals surface area (Å²) in [4.78, 5) is 19.2. The highest BCUT2D eigenvalue weighted by Crippen LogP contribution is 2.56. The number of aromatic nitrogens is 2. The first kappa shape index (κ1) is 22.7. The quantitative estimate of drug-likeness (QED) is 0.565. The average molecular weight is 555 g/mol. The molecule has 0 saturated carbocycles. The Morgan fingerprint density at radius 1 is 1.29 bits per heavy atom. The molecule has 1 saturated heterocycles. The summed E-state index contributed by atoms with van der Waals surface area (Å²) >= 11 is 1.95. The number of nitrogen functional groups attached to an aromatic ring is 1. The van der Waals surface area contributed by atoms with E-state index in [1.165, 1.54) is 11.1 Å². The van der Waals surface area contributed by atoms with Gasteiger partial charge < -0.3 is 10.6 Å². The van der Waals surface area contributed by atoms with Crippen LogP contribution in [0.3, 0.4) is 0 Å². The minimum absolute atomic E-state index is 0.102. The first-order valence-electron chi connectivity index (χ1n) is 10.6. The van der Waals surface area contributed by atoms with Gasteiger partial charge >= 0.3 is 0 Å². The number of piperidine rings is 1. The molecule has 0 bridgehead atoms. The number of fused-ring (bicyclic) bond motifs is 1. The molecule has 4 rings (SSSR count). The summed E-state index contributed by atoms with van der Waals surface area (Å²) in [7, 11) is 0.364. The molecule has 1 fully saturated rings. The van der Waals surface area contributed by atoms with Crippen LogP contribution in [0.15, 0.2) is 29.1 Å². The van der Waals surface area contributed by atoms with Gasteiger partial charge in [-0.3, -0.25) is 14.5 Å². The molecule has 1 aliphatic heterocycles. The Bertz CT molecular complexity index is 1090. The number of nitrogens with zero attached hydrogens (tertiary/aromatic N) is 3. The number of hydrogen-bond donors (Lipinski definition) is 2. The molecule has 1 aromatic carbocycles. The van der Waals surface area contributed by atoms with Gasteiger partial charge in [-0.25, -0.2) is 4.21 Å². The van der Waals surface area contributed by atoms with Gasteiger partial charge in [0.1, 0.15) is 9.39 Å². The normalized spacial score (nSPS) is 21.3. The molecule has 2 heterocycles. The first-order chi connectivity index (χ1) is 14.6. The van der Waals surface area contributed by atoms with E-state index in [0.29, 0.717) is 15.4 Å². The molecule has 1 aliphatic carbocycles. The maximum Gasteiger partial charge on any atom is 0.270 e. The van der Waals surface area contributed by atoms with Crippen LogP contribution in [-0.2, 0) is 24.5 Å². The Morgan fingerprint density at radius 2 is 1.94 bits per heavy atom. The fourth-order valence-electron chi connectivity index (χ4n) is 5.31. The Kier molecular flexibility index (Phi) is 5.97. The van der Waals surface area contributed by atoms with Crippen LogP contribution in [0, 0.1) is 8.99 Å². The van der Waals surface area contributed by atoms with Crippen molar-refractivity contribution in [1.82, 2.24) is 9.55 Å². The molecule has 2 aromatic rings. The smallest absolute Gasteiger partial charge is 0.270 e. The van der Waals surface area contributed by atoms with Crippen LogP contribution in [0.4, 0.5) is 11.8 Å². The minimum Gasteiger partial charge on any atom is -0.383 e. The second-order valence-corrected chi connectivity index (χ2v) is 12.3. The summed E-state index contributed by atoms with van der Waals surface area (Å²) in [6.45, 7) is 5.61. The monoisotopic (exact) mass is 555 g/mol. The van der Waals surface area contributed by atoms with Crippen molar-refractivity contribution in [3.05, 3.63) is 49.3 Å². The highest BCUT2D eigenvalue weighted by molar-refractivity contribution is 14.1. The van der Waals surface area contributed by atoms with E-state index in [0.717, 1.165) is 38.8 Å². The largest absolute Gasteiger partial charge is 0.383 e. The molecule has 1 spiro atoms. The molecule has 31 heavy (non-hydrogen) atoms. The summed E-state index contributed by atoms with van der Waals surface area (Å²) in [5, 5.41) is 5.85. The summed E-state index contributed by atoms with van der Waals surface area (Å²) in [6, 6.07) is 8.65. The molecule has 0 radical (unpaired) electrons. The zero-order chi connectivity index (χ0) is 22.6. The van der Waals surface area contributed by atoms with Crippen molar-refractivity contribution in [3.8, 4) is 0 Å². The van der Waals surface area contributed by atoms with Crippen LogP contribution in [0.1, 0.15) is 50.2 Å². The van der Waals surface area contributed by atoms with Crippen molar-refractivity contribution in [2.75, 3.05) is 23.7 Å². The molecule has 1 aromatic heterocycles. The summed E-state index contributed by atoms with van der Waals surface area (Å²) in [6.07, 6.45) is 3.76. The zero-order valence-electron chi connectivity index (χ0n) is 18.2. The molecular formula is C22H30IN5O2S. The lowest BCUT2D eigenvalue weighted by molar-refractivity contribution is 0.169. The van der Waals surface area contributed by atoms with E-state index in [4.69, 9.17) is 10.9 Å². The number of halogens is 1. The molecular weight excluding hydrogens is 525 g/mol. The fourth-order valence-corrected chi connectivity index (χ4v) is 6.12. The highest BCUT2D eigenvalue weighted by atomic mass is 127. The van der Waals surface area contributed by atoms with Gasteiger partial charge in [-0.2, -0.15) is 4.98 Å². The molecule has 4 N–H and O–H groups in total. The van der Waals surface area contributed by atoms with Crippen molar-refractivity contribution in [1.29, 1.82) is 0 Å². The Hall–Kier alpha value is -1.46. The van der Waals surface area contributed by atoms with Gasteiger partial charge in [-0.1, -0.05) is 24.3 Å². The third kappa shape index (κ3) is 3.93. The maximum atomic E-state index is 12.5. The second-order valence-electron chi connectivity index (χ2n) is 9.51. The predicted molar refractivity (Wildman–Crippen MR) is 134 cm³/mol. The van der Waals surface area contributed by atoms with Gasteiger partial charge in [-0.15, -0.1) is 0 Å². The van der Waals surface area contributed by atoms with E-state index < -0.39 is 15.7 Å². The van der Waals surface area contributed by atoms with Crippen molar-refractivity contribution >= 4 is 45.3 Å². The SMILES string of the molecule is Cn1c(N2CCC3(CC2)Cc2ccccc2[C@H]3CC(C)(C)S(N)=O)nc(N)c(I)c1=O. The van der Waals surface area contributed by atoms with Gasteiger partial charge in [0, 0.05) is 20.1 Å². The maximum absolute atomic E-state index is 12.5. The predicted octanol–water partition coefficient (Wildman–Crippen LogP) is 2.68. The van der Waals surface area contributed by atoms with Crippen molar-refractivity contribution in [3.63, 3.8) is 0 Å². The van der Waals surface area contributed by atoms with Crippen molar-refractivity contribution in [2.24, 2.45) is 17.6 Å². The summed E-state index contributed by atoms with van der Waals surface area (Å²) in [5.74, 6) is 1.23. The zero-order valence-corrected chi connectivity index (χ0v) is 21.2. The molecule has 2 atom stereocenters. The van der Waals surface area contributed by atoms with Gasteiger partial charge in [0.2, 0.25) is 5.95 Å². The van der Waals surface area contributed by atoms with Gasteiger partial charge in [0.25, 0.3) is 5.56 Å². The highest BCUT2D eigenvalue weighted by Gasteiger charge is 2.49. The topological polar surface area (TPSA) is 107 Å². The average Bonchev–Trinajstić information content (AvgIpc) is 3.02. The van der Waals surface area contributed by atoms with E-state index in [9.17, 15) is 9.00 Å². The molecule has 2 aliphatic rings. The van der Waals surface area contributed by atoms with Crippen LogP contribution in [0.2, 0.25) is 0 Å². The van der Waals surface area contributed by atoms with Crippen LogP contribution < -0.4 is 21.3 Å². The number of anilines is 2. The summed E-state index contributed by atoms with van der Waals surface area (Å²) in [5.41, 5.74) is 8.75. The minimum atomic E-state index is -1.39. The lowest BCUT2D eigenvalue weighted by atomic mass is 9.67. The third-order valence-electron chi connectivity index (χ3n) is 7.23. The van der Waals surface area contributed by atoms with Crippen LogP contribution in [-0.4, -0.2) is 31.6 Å². The Labute approximate surface area is 199 Å². The molecule has 7 nitrogen and oxygen atoms in total. The lowest BCUT2D eigenvalue weighted by Crippen LogP contribution is -2.46. The lowest BCUT2D eigenvalue weighted by Gasteiger charge is -2.45. The van der Waals surface area contributed by atoms with E-state index in [2.05, 4.69) is 34.1 Å². The molecule has 0 amide bonds. The van der Waals surface area contributed by atoms with Gasteiger partial charge in [0.15, 0.2) is 0 Å². The van der Waals surface area contributed by atoms with Crippen LogP contribution in [0.5, 0.6) is 0 Å². The van der Waals surface area contributed by atoms with E-state index in [1.807, 2.05) is 36.4 Å². The fraction of sp³-hybridized carbons (Fsp3) is 0.545. The standard InChI is InChI=1S/C22H30IN5O2S/c1-21(2,31(25)30)13-16-15-7-5-4-6-14(15)12-22(16)8-10-28(11-9-22)20-26-18(24)17(23)19(29)27(20)3/h4-7,16H,8-13,24-25H2,1-3H3/t16-,31?/m1/s1. The number of nitrogens with two attached hydrogens (primary N) is 2.